The van der Waals surface area contributed by atoms with Crippen LogP contribution in [0.4, 0.5) is 0 Å². The van der Waals surface area contributed by atoms with Gasteiger partial charge in [-0.1, -0.05) is 6.07 Å². The first kappa shape index (κ1) is 18.0. The standard InChI is InChI=1S/C17H16N4O3S2/c1-20(2)12-18-26(23,24)15-7-5-14(6-8-15)21-10-13(11-22)17(19-21)16-4-3-9-25-16/h3-12H,1-2H3/b18-12+. The van der Waals surface area contributed by atoms with Crippen molar-refractivity contribution in [3.05, 3.63) is 53.5 Å². The maximum Gasteiger partial charge on any atom is 0.283 e. The monoisotopic (exact) mass is 388 g/mol. The molecule has 0 bridgehead atoms. The number of rotatable bonds is 6. The lowest BCUT2D eigenvalue weighted by Gasteiger charge is -2.05. The Morgan fingerprint density at radius 2 is 1.92 bits per heavy atom. The maximum atomic E-state index is 12.2. The van der Waals surface area contributed by atoms with Gasteiger partial charge >= 0.3 is 0 Å². The second kappa shape index (κ2) is 7.22. The van der Waals surface area contributed by atoms with Crippen LogP contribution in [0.15, 0.2) is 57.3 Å². The molecule has 26 heavy (non-hydrogen) atoms. The van der Waals surface area contributed by atoms with Crippen molar-refractivity contribution in [1.29, 1.82) is 0 Å². The van der Waals surface area contributed by atoms with E-state index in [9.17, 15) is 13.2 Å². The molecule has 134 valence electrons. The smallest absolute Gasteiger partial charge is 0.283 e. The van der Waals surface area contributed by atoms with Crippen LogP contribution in [0.5, 0.6) is 0 Å². The Morgan fingerprint density at radius 3 is 2.50 bits per heavy atom. The highest BCUT2D eigenvalue weighted by Gasteiger charge is 2.15. The number of carbonyl (C=O) groups is 1. The molecule has 0 fully saturated rings. The number of aromatic nitrogens is 2. The number of hydrogen-bond donors (Lipinski definition) is 0. The number of thiophene rings is 1. The number of carbonyl (C=O) groups excluding carboxylic acids is 1. The molecule has 0 aliphatic heterocycles. The summed E-state index contributed by atoms with van der Waals surface area (Å²) in [6.07, 6.45) is 3.61. The van der Waals surface area contributed by atoms with Crippen molar-refractivity contribution in [2.45, 2.75) is 4.90 Å². The highest BCUT2D eigenvalue weighted by Crippen LogP contribution is 2.27. The average molecular weight is 388 g/mol. The number of aldehydes is 1. The van der Waals surface area contributed by atoms with Crippen LogP contribution in [0.3, 0.4) is 0 Å². The molecule has 2 aromatic heterocycles. The summed E-state index contributed by atoms with van der Waals surface area (Å²) in [5, 5.41) is 6.37. The molecule has 0 N–H and O–H groups in total. The normalized spacial score (nSPS) is 11.8. The van der Waals surface area contributed by atoms with E-state index in [1.165, 1.54) is 29.8 Å². The Labute approximate surface area is 155 Å². The summed E-state index contributed by atoms with van der Waals surface area (Å²) in [5.74, 6) is 0. The van der Waals surface area contributed by atoms with E-state index in [4.69, 9.17) is 0 Å². The molecule has 0 amide bonds. The summed E-state index contributed by atoms with van der Waals surface area (Å²) in [6, 6.07) is 9.95. The molecule has 7 nitrogen and oxygen atoms in total. The quantitative estimate of drug-likeness (QED) is 0.368. The lowest BCUT2D eigenvalue weighted by molar-refractivity contribution is 0.112. The van der Waals surface area contributed by atoms with Gasteiger partial charge in [-0.05, 0) is 35.7 Å². The van der Waals surface area contributed by atoms with Crippen LogP contribution < -0.4 is 0 Å². The highest BCUT2D eigenvalue weighted by atomic mass is 32.2. The summed E-state index contributed by atoms with van der Waals surface area (Å²) in [7, 11) is -0.374. The van der Waals surface area contributed by atoms with Gasteiger partial charge in [0.15, 0.2) is 6.29 Å². The molecule has 0 atom stereocenters. The molecule has 9 heteroatoms. The minimum atomic E-state index is -3.75. The van der Waals surface area contributed by atoms with Gasteiger partial charge in [0.05, 0.1) is 21.0 Å². The Hall–Kier alpha value is -2.78. The molecule has 3 aromatic rings. The molecule has 0 radical (unpaired) electrons. The lowest BCUT2D eigenvalue weighted by atomic mass is 10.2. The first-order chi connectivity index (χ1) is 12.4. The SMILES string of the molecule is CN(C)/C=N/S(=O)(=O)c1ccc(-n2cc(C=O)c(-c3cccs3)n2)cc1. The molecule has 0 saturated carbocycles. The van der Waals surface area contributed by atoms with Crippen LogP contribution in [-0.2, 0) is 10.0 Å². The van der Waals surface area contributed by atoms with E-state index in [-0.39, 0.29) is 4.90 Å². The van der Waals surface area contributed by atoms with E-state index in [0.717, 1.165) is 11.2 Å². The number of benzene rings is 1. The van der Waals surface area contributed by atoms with Crippen molar-refractivity contribution < 1.29 is 13.2 Å². The van der Waals surface area contributed by atoms with E-state index in [1.54, 1.807) is 42.0 Å². The molecule has 1 aromatic carbocycles. The van der Waals surface area contributed by atoms with Gasteiger partial charge in [0.2, 0.25) is 0 Å². The number of nitrogens with zero attached hydrogens (tertiary/aromatic N) is 4. The molecule has 0 aliphatic carbocycles. The summed E-state index contributed by atoms with van der Waals surface area (Å²) >= 11 is 1.49. The Morgan fingerprint density at radius 1 is 1.19 bits per heavy atom. The first-order valence-corrected chi connectivity index (χ1v) is 9.89. The van der Waals surface area contributed by atoms with Gasteiger partial charge in [-0.15, -0.1) is 15.7 Å². The molecular weight excluding hydrogens is 372 g/mol. The number of hydrogen-bond acceptors (Lipinski definition) is 5. The highest BCUT2D eigenvalue weighted by molar-refractivity contribution is 7.90. The van der Waals surface area contributed by atoms with Gasteiger partial charge in [0.25, 0.3) is 10.0 Å². The zero-order valence-electron chi connectivity index (χ0n) is 14.1. The van der Waals surface area contributed by atoms with E-state index < -0.39 is 10.0 Å². The third kappa shape index (κ3) is 3.73. The van der Waals surface area contributed by atoms with Crippen LogP contribution in [0.2, 0.25) is 0 Å². The fraction of sp³-hybridized carbons (Fsp3) is 0.118. The topological polar surface area (TPSA) is 84.6 Å². The van der Waals surface area contributed by atoms with E-state index in [0.29, 0.717) is 16.9 Å². The van der Waals surface area contributed by atoms with Gasteiger partial charge in [-0.25, -0.2) is 4.68 Å². The van der Waals surface area contributed by atoms with Crippen molar-refractivity contribution in [1.82, 2.24) is 14.7 Å². The second-order valence-corrected chi connectivity index (χ2v) is 8.21. The van der Waals surface area contributed by atoms with E-state index >= 15 is 0 Å². The third-order valence-corrected chi connectivity index (χ3v) is 5.56. The van der Waals surface area contributed by atoms with Gasteiger partial charge in [-0.3, -0.25) is 4.79 Å². The lowest BCUT2D eigenvalue weighted by Crippen LogP contribution is -2.10. The maximum absolute atomic E-state index is 12.2. The largest absolute Gasteiger partial charge is 0.368 e. The number of sulfonamides is 1. The third-order valence-electron chi connectivity index (χ3n) is 3.44. The van der Waals surface area contributed by atoms with Crippen molar-refractivity contribution in [3.8, 4) is 16.3 Å². The van der Waals surface area contributed by atoms with Gasteiger partial charge in [0, 0.05) is 20.3 Å². The minimum Gasteiger partial charge on any atom is -0.368 e. The van der Waals surface area contributed by atoms with Crippen LogP contribution in [0.1, 0.15) is 10.4 Å². The molecule has 0 aliphatic rings. The van der Waals surface area contributed by atoms with Gasteiger partial charge < -0.3 is 4.90 Å². The predicted molar refractivity (Wildman–Crippen MR) is 102 cm³/mol. The van der Waals surface area contributed by atoms with Crippen LogP contribution in [0.25, 0.3) is 16.3 Å². The fourth-order valence-electron chi connectivity index (χ4n) is 2.20. The molecule has 0 unspecified atom stereocenters. The second-order valence-electron chi connectivity index (χ2n) is 5.63. The van der Waals surface area contributed by atoms with Gasteiger partial charge in [-0.2, -0.15) is 13.5 Å². The molecule has 0 saturated heterocycles. The molecular formula is C17H16N4O3S2. The predicted octanol–water partition coefficient (Wildman–Crippen LogP) is 2.69. The summed E-state index contributed by atoms with van der Waals surface area (Å²) < 4.78 is 29.5. The first-order valence-electron chi connectivity index (χ1n) is 7.57. The van der Waals surface area contributed by atoms with E-state index in [1.807, 2.05) is 17.5 Å². The Kier molecular flexibility index (Phi) is 5.01. The Bertz CT molecular complexity index is 1030. The summed E-state index contributed by atoms with van der Waals surface area (Å²) in [6.45, 7) is 0. The van der Waals surface area contributed by atoms with E-state index in [2.05, 4.69) is 9.50 Å². The Balaban J connectivity index is 1.94. The molecule has 0 spiro atoms. The fourth-order valence-corrected chi connectivity index (χ4v) is 3.84. The van der Waals surface area contributed by atoms with Crippen molar-refractivity contribution >= 4 is 34.0 Å². The zero-order valence-corrected chi connectivity index (χ0v) is 15.7. The van der Waals surface area contributed by atoms with Crippen LogP contribution >= 0.6 is 11.3 Å². The zero-order chi connectivity index (χ0) is 18.7. The van der Waals surface area contributed by atoms with Gasteiger partial charge in [0.1, 0.15) is 12.0 Å². The molecule has 3 rings (SSSR count). The summed E-state index contributed by atoms with van der Waals surface area (Å²) in [4.78, 5) is 13.9. The van der Waals surface area contributed by atoms with Crippen LogP contribution in [-0.4, -0.2) is 49.8 Å². The van der Waals surface area contributed by atoms with Crippen molar-refractivity contribution in [3.63, 3.8) is 0 Å². The average Bonchev–Trinajstić information content (AvgIpc) is 3.29. The van der Waals surface area contributed by atoms with Crippen molar-refractivity contribution in [2.24, 2.45) is 4.40 Å². The molecule has 2 heterocycles. The minimum absolute atomic E-state index is 0.0839. The van der Waals surface area contributed by atoms with Crippen molar-refractivity contribution in [2.75, 3.05) is 14.1 Å². The summed E-state index contributed by atoms with van der Waals surface area (Å²) in [5.41, 5.74) is 1.72. The van der Waals surface area contributed by atoms with Crippen LogP contribution in [0, 0.1) is 0 Å².